The maximum Gasteiger partial charge on any atom is 0.254 e. The minimum absolute atomic E-state index is 0.0767. The maximum atomic E-state index is 12.4. The Balaban J connectivity index is 1.64. The number of aromatic amines is 2. The first-order valence-corrected chi connectivity index (χ1v) is 7.40. The van der Waals surface area contributed by atoms with Crippen LogP contribution in [0.2, 0.25) is 0 Å². The van der Waals surface area contributed by atoms with Gasteiger partial charge in [0.2, 0.25) is 5.91 Å². The first-order chi connectivity index (χ1) is 10.6. The van der Waals surface area contributed by atoms with E-state index in [-0.39, 0.29) is 11.5 Å². The number of amides is 1. The third kappa shape index (κ3) is 2.66. The molecule has 1 aliphatic rings. The Labute approximate surface area is 127 Å². The van der Waals surface area contributed by atoms with E-state index in [1.165, 1.54) is 6.33 Å². The molecule has 7 heteroatoms. The van der Waals surface area contributed by atoms with E-state index in [0.717, 1.165) is 17.0 Å². The highest BCUT2D eigenvalue weighted by Crippen LogP contribution is 2.16. The van der Waals surface area contributed by atoms with Crippen LogP contribution in [0.1, 0.15) is 34.6 Å². The summed E-state index contributed by atoms with van der Waals surface area (Å²) in [5, 5.41) is 7.16. The van der Waals surface area contributed by atoms with Crippen LogP contribution in [0.25, 0.3) is 0 Å². The Kier molecular flexibility index (Phi) is 3.79. The highest BCUT2D eigenvalue weighted by Gasteiger charge is 2.23. The quantitative estimate of drug-likeness (QED) is 0.869. The summed E-state index contributed by atoms with van der Waals surface area (Å²) >= 11 is 0. The van der Waals surface area contributed by atoms with Gasteiger partial charge in [0, 0.05) is 30.6 Å². The van der Waals surface area contributed by atoms with Gasteiger partial charge in [-0.05, 0) is 25.8 Å². The second-order valence-electron chi connectivity index (χ2n) is 5.64. The zero-order valence-corrected chi connectivity index (χ0v) is 12.8. The lowest BCUT2D eigenvalue weighted by molar-refractivity contribution is -0.132. The summed E-state index contributed by atoms with van der Waals surface area (Å²) in [7, 11) is 0. The van der Waals surface area contributed by atoms with E-state index in [4.69, 9.17) is 0 Å². The molecule has 116 valence electrons. The van der Waals surface area contributed by atoms with Crippen molar-refractivity contribution in [3.63, 3.8) is 0 Å². The van der Waals surface area contributed by atoms with Crippen LogP contribution in [0.5, 0.6) is 0 Å². The number of hydrogen-bond acceptors (Lipinski definition) is 4. The van der Waals surface area contributed by atoms with Crippen molar-refractivity contribution < 1.29 is 4.79 Å². The van der Waals surface area contributed by atoms with E-state index >= 15 is 0 Å². The van der Waals surface area contributed by atoms with Crippen LogP contribution in [-0.2, 0) is 24.2 Å². The standard InChI is InChI=1S/C15H19N5O2/c1-9-10(2)18-19-12(9)3-4-14(21)20-6-5-11-13(7-20)16-8-17-15(11)22/h8H,3-7H2,1-2H3,(H,18,19)(H,16,17,22). The molecule has 0 atom stereocenters. The fraction of sp³-hybridized carbons (Fsp3) is 0.467. The van der Waals surface area contributed by atoms with E-state index in [1.54, 1.807) is 4.90 Å². The van der Waals surface area contributed by atoms with Gasteiger partial charge in [0.05, 0.1) is 24.3 Å². The van der Waals surface area contributed by atoms with Crippen LogP contribution in [0.4, 0.5) is 0 Å². The largest absolute Gasteiger partial charge is 0.336 e. The van der Waals surface area contributed by atoms with Gasteiger partial charge in [-0.2, -0.15) is 5.10 Å². The molecule has 1 amide bonds. The normalized spacial score (nSPS) is 14.0. The Bertz CT molecular complexity index is 762. The Hall–Kier alpha value is -2.44. The van der Waals surface area contributed by atoms with Gasteiger partial charge in [-0.25, -0.2) is 4.98 Å². The summed E-state index contributed by atoms with van der Waals surface area (Å²) < 4.78 is 0. The number of carbonyl (C=O) groups is 1. The van der Waals surface area contributed by atoms with Gasteiger partial charge in [0.25, 0.3) is 5.56 Å². The fourth-order valence-corrected chi connectivity index (χ4v) is 2.74. The van der Waals surface area contributed by atoms with Crippen molar-refractivity contribution >= 4 is 5.91 Å². The molecule has 0 saturated carbocycles. The smallest absolute Gasteiger partial charge is 0.254 e. The van der Waals surface area contributed by atoms with Crippen molar-refractivity contribution in [1.82, 2.24) is 25.1 Å². The zero-order valence-electron chi connectivity index (χ0n) is 12.8. The van der Waals surface area contributed by atoms with Crippen LogP contribution in [-0.4, -0.2) is 37.5 Å². The first-order valence-electron chi connectivity index (χ1n) is 7.40. The zero-order chi connectivity index (χ0) is 15.7. The third-order valence-corrected chi connectivity index (χ3v) is 4.29. The average Bonchev–Trinajstić information content (AvgIpc) is 2.84. The second kappa shape index (κ2) is 5.75. The molecule has 0 unspecified atom stereocenters. The lowest BCUT2D eigenvalue weighted by Gasteiger charge is -2.27. The number of carbonyl (C=O) groups excluding carboxylic acids is 1. The number of nitrogens with zero attached hydrogens (tertiary/aromatic N) is 3. The van der Waals surface area contributed by atoms with Crippen molar-refractivity contribution in [3.8, 4) is 0 Å². The first kappa shape index (κ1) is 14.5. The highest BCUT2D eigenvalue weighted by atomic mass is 16.2. The fourth-order valence-electron chi connectivity index (χ4n) is 2.74. The lowest BCUT2D eigenvalue weighted by atomic mass is 10.1. The van der Waals surface area contributed by atoms with E-state index in [0.29, 0.717) is 43.6 Å². The summed E-state index contributed by atoms with van der Waals surface area (Å²) in [5.74, 6) is 0.0767. The van der Waals surface area contributed by atoms with Crippen LogP contribution in [0.3, 0.4) is 0 Å². The van der Waals surface area contributed by atoms with Crippen LogP contribution >= 0.6 is 0 Å². The molecular formula is C15H19N5O2. The maximum absolute atomic E-state index is 12.4. The van der Waals surface area contributed by atoms with Crippen molar-refractivity contribution in [2.45, 2.75) is 39.7 Å². The van der Waals surface area contributed by atoms with Gasteiger partial charge in [-0.15, -0.1) is 0 Å². The number of aryl methyl sites for hydroxylation is 2. The molecular weight excluding hydrogens is 282 g/mol. The van der Waals surface area contributed by atoms with Gasteiger partial charge in [0.1, 0.15) is 0 Å². The summed E-state index contributed by atoms with van der Waals surface area (Å²) in [5.41, 5.74) is 4.40. The monoisotopic (exact) mass is 301 g/mol. The average molecular weight is 301 g/mol. The van der Waals surface area contributed by atoms with Crippen LogP contribution in [0.15, 0.2) is 11.1 Å². The Morgan fingerprint density at radius 2 is 2.23 bits per heavy atom. The Morgan fingerprint density at radius 3 is 2.95 bits per heavy atom. The Morgan fingerprint density at radius 1 is 1.41 bits per heavy atom. The van der Waals surface area contributed by atoms with E-state index in [2.05, 4.69) is 20.2 Å². The van der Waals surface area contributed by atoms with Crippen molar-refractivity contribution in [2.24, 2.45) is 0 Å². The van der Waals surface area contributed by atoms with E-state index in [9.17, 15) is 9.59 Å². The van der Waals surface area contributed by atoms with Gasteiger partial charge in [-0.3, -0.25) is 14.7 Å². The number of fused-ring (bicyclic) bond motifs is 1. The lowest BCUT2D eigenvalue weighted by Crippen LogP contribution is -2.39. The summed E-state index contributed by atoms with van der Waals surface area (Å²) in [4.78, 5) is 32.6. The van der Waals surface area contributed by atoms with Crippen LogP contribution < -0.4 is 5.56 Å². The minimum atomic E-state index is -0.0975. The van der Waals surface area contributed by atoms with Gasteiger partial charge < -0.3 is 9.88 Å². The molecule has 1 aliphatic heterocycles. The highest BCUT2D eigenvalue weighted by molar-refractivity contribution is 5.76. The van der Waals surface area contributed by atoms with E-state index < -0.39 is 0 Å². The van der Waals surface area contributed by atoms with Gasteiger partial charge in [-0.1, -0.05) is 0 Å². The molecule has 0 aliphatic carbocycles. The van der Waals surface area contributed by atoms with E-state index in [1.807, 2.05) is 13.8 Å². The van der Waals surface area contributed by atoms with Crippen LogP contribution in [0, 0.1) is 13.8 Å². The SMILES string of the molecule is Cc1[nH]nc(CCC(=O)N2CCc3c(nc[nH]c3=O)C2)c1C. The molecule has 7 nitrogen and oxygen atoms in total. The molecule has 3 rings (SSSR count). The molecule has 0 bridgehead atoms. The van der Waals surface area contributed by atoms with Crippen molar-refractivity contribution in [3.05, 3.63) is 44.9 Å². The summed E-state index contributed by atoms with van der Waals surface area (Å²) in [6, 6.07) is 0. The molecule has 2 N–H and O–H groups in total. The number of aromatic nitrogens is 4. The molecule has 0 fully saturated rings. The third-order valence-electron chi connectivity index (χ3n) is 4.29. The van der Waals surface area contributed by atoms with Gasteiger partial charge >= 0.3 is 0 Å². The topological polar surface area (TPSA) is 94.7 Å². The molecule has 0 aromatic carbocycles. The summed E-state index contributed by atoms with van der Waals surface area (Å²) in [6.45, 7) is 4.96. The predicted molar refractivity (Wildman–Crippen MR) is 80.4 cm³/mol. The number of nitrogens with one attached hydrogen (secondary N) is 2. The molecule has 3 heterocycles. The minimum Gasteiger partial charge on any atom is -0.336 e. The molecule has 22 heavy (non-hydrogen) atoms. The summed E-state index contributed by atoms with van der Waals surface area (Å²) in [6.07, 6.45) is 3.00. The second-order valence-corrected chi connectivity index (χ2v) is 5.64. The van der Waals surface area contributed by atoms with Crippen molar-refractivity contribution in [2.75, 3.05) is 6.54 Å². The predicted octanol–water partition coefficient (Wildman–Crippen LogP) is 0.627. The molecule has 2 aromatic heterocycles. The van der Waals surface area contributed by atoms with Gasteiger partial charge in [0.15, 0.2) is 0 Å². The number of hydrogen-bond donors (Lipinski definition) is 2. The molecule has 0 radical (unpaired) electrons. The molecule has 2 aromatic rings. The number of H-pyrrole nitrogens is 2. The molecule has 0 saturated heterocycles. The van der Waals surface area contributed by atoms with Crippen molar-refractivity contribution in [1.29, 1.82) is 0 Å². The number of rotatable bonds is 3. The molecule has 0 spiro atoms.